The first kappa shape index (κ1) is 17.2. The summed E-state index contributed by atoms with van der Waals surface area (Å²) in [7, 11) is 0. The number of rotatable bonds is 3. The molecule has 3 nitrogen and oxygen atoms in total. The molecule has 0 radical (unpaired) electrons. The average Bonchev–Trinajstić information content (AvgIpc) is 2.85. The van der Waals surface area contributed by atoms with Gasteiger partial charge in [-0.1, -0.05) is 25.1 Å². The normalized spacial score (nSPS) is 18.1. The van der Waals surface area contributed by atoms with Crippen LogP contribution in [-0.4, -0.2) is 22.9 Å². The summed E-state index contributed by atoms with van der Waals surface area (Å²) in [6, 6.07) is 10.3. The van der Waals surface area contributed by atoms with E-state index in [1.165, 1.54) is 18.7 Å². The van der Waals surface area contributed by atoms with Gasteiger partial charge in [0.15, 0.2) is 0 Å². The van der Waals surface area contributed by atoms with Gasteiger partial charge in [-0.2, -0.15) is 5.10 Å². The number of hydrogen-bond acceptors (Lipinski definition) is 2. The lowest BCUT2D eigenvalue weighted by molar-refractivity contribution is 0.442. The number of aryl methyl sites for hydroxylation is 1. The molecule has 1 fully saturated rings. The summed E-state index contributed by atoms with van der Waals surface area (Å²) in [6.45, 7) is 6.55. The number of hydrogen-bond donors (Lipinski definition) is 0. The van der Waals surface area contributed by atoms with Gasteiger partial charge in [-0.3, -0.25) is 0 Å². The molecule has 2 heterocycles. The van der Waals surface area contributed by atoms with Gasteiger partial charge in [0.1, 0.15) is 5.82 Å². The quantitative estimate of drug-likeness (QED) is 0.763. The van der Waals surface area contributed by atoms with Crippen LogP contribution in [-0.2, 0) is 5.88 Å². The van der Waals surface area contributed by atoms with E-state index in [9.17, 15) is 0 Å². The molecule has 0 aliphatic carbocycles. The van der Waals surface area contributed by atoms with Crippen molar-refractivity contribution in [2.24, 2.45) is 5.92 Å². The fourth-order valence-electron chi connectivity index (χ4n) is 3.16. The smallest absolute Gasteiger partial charge is 0.137 e. The Hall–Kier alpha value is -1.19. The topological polar surface area (TPSA) is 21.1 Å². The third-order valence-electron chi connectivity index (χ3n) is 4.25. The van der Waals surface area contributed by atoms with Crippen LogP contribution >= 0.6 is 24.0 Å². The van der Waals surface area contributed by atoms with E-state index in [0.29, 0.717) is 5.88 Å². The average molecular weight is 340 g/mol. The summed E-state index contributed by atoms with van der Waals surface area (Å²) >= 11 is 6.21. The van der Waals surface area contributed by atoms with Gasteiger partial charge in [-0.15, -0.1) is 24.0 Å². The number of piperidine rings is 1. The molecule has 1 unspecified atom stereocenters. The SMILES string of the molecule is Cc1nn(-c2ccccc2)c(N2CCCC(C)C2)c1CCl.Cl. The maximum absolute atomic E-state index is 6.21. The maximum atomic E-state index is 6.21. The molecule has 0 amide bonds. The highest BCUT2D eigenvalue weighted by molar-refractivity contribution is 6.17. The predicted octanol–water partition coefficient (Wildman–Crippen LogP) is 4.58. The van der Waals surface area contributed by atoms with Gasteiger partial charge in [-0.05, 0) is 37.8 Å². The number of anilines is 1. The minimum atomic E-state index is 0. The van der Waals surface area contributed by atoms with E-state index in [1.807, 2.05) is 13.0 Å². The van der Waals surface area contributed by atoms with Gasteiger partial charge >= 0.3 is 0 Å². The molecular formula is C17H23Cl2N3. The van der Waals surface area contributed by atoms with Crippen LogP contribution in [0.1, 0.15) is 31.0 Å². The van der Waals surface area contributed by atoms with Crippen LogP contribution in [0.25, 0.3) is 5.69 Å². The highest BCUT2D eigenvalue weighted by Gasteiger charge is 2.25. The monoisotopic (exact) mass is 339 g/mol. The molecule has 1 aromatic heterocycles. The molecule has 0 bridgehead atoms. The molecule has 0 spiro atoms. The summed E-state index contributed by atoms with van der Waals surface area (Å²) in [5.41, 5.74) is 3.29. The van der Waals surface area contributed by atoms with Crippen molar-refractivity contribution in [2.45, 2.75) is 32.6 Å². The Morgan fingerprint density at radius 2 is 2.00 bits per heavy atom. The molecule has 1 saturated heterocycles. The predicted molar refractivity (Wildman–Crippen MR) is 95.7 cm³/mol. The van der Waals surface area contributed by atoms with Crippen molar-refractivity contribution < 1.29 is 0 Å². The largest absolute Gasteiger partial charge is 0.356 e. The van der Waals surface area contributed by atoms with Crippen molar-refractivity contribution in [1.29, 1.82) is 0 Å². The van der Waals surface area contributed by atoms with Crippen molar-refractivity contribution in [2.75, 3.05) is 18.0 Å². The molecule has 5 heteroatoms. The molecule has 2 aromatic rings. The number of nitrogens with zero attached hydrogens (tertiary/aromatic N) is 3. The van der Waals surface area contributed by atoms with Crippen LogP contribution in [0.3, 0.4) is 0 Å². The van der Waals surface area contributed by atoms with Gasteiger partial charge < -0.3 is 4.90 Å². The maximum Gasteiger partial charge on any atom is 0.137 e. The minimum absolute atomic E-state index is 0. The van der Waals surface area contributed by atoms with E-state index < -0.39 is 0 Å². The number of alkyl halides is 1. The zero-order valence-corrected chi connectivity index (χ0v) is 14.7. The third kappa shape index (κ3) is 3.26. The fourth-order valence-corrected chi connectivity index (χ4v) is 3.47. The Balaban J connectivity index is 0.00000176. The van der Waals surface area contributed by atoms with Crippen LogP contribution in [0.5, 0.6) is 0 Å². The molecule has 1 aliphatic heterocycles. The molecule has 1 aliphatic rings. The van der Waals surface area contributed by atoms with Crippen LogP contribution in [0, 0.1) is 12.8 Å². The molecule has 1 aromatic carbocycles. The van der Waals surface area contributed by atoms with E-state index in [-0.39, 0.29) is 12.4 Å². The highest BCUT2D eigenvalue weighted by Crippen LogP contribution is 2.31. The van der Waals surface area contributed by atoms with Gasteiger partial charge in [0.05, 0.1) is 17.3 Å². The number of benzene rings is 1. The Morgan fingerprint density at radius 1 is 1.27 bits per heavy atom. The number of halogens is 2. The van der Waals surface area contributed by atoms with Gasteiger partial charge in [0.25, 0.3) is 0 Å². The second kappa shape index (κ2) is 7.38. The zero-order valence-electron chi connectivity index (χ0n) is 13.1. The van der Waals surface area contributed by atoms with E-state index in [4.69, 9.17) is 16.7 Å². The standard InChI is InChI=1S/C17H22ClN3.ClH/c1-13-7-6-10-20(12-13)17-16(11-18)14(2)19-21(17)15-8-4-3-5-9-15;/h3-5,8-9,13H,6-7,10-12H2,1-2H3;1H. The molecule has 0 saturated carbocycles. The fraction of sp³-hybridized carbons (Fsp3) is 0.471. The Labute approximate surface area is 143 Å². The molecule has 22 heavy (non-hydrogen) atoms. The summed E-state index contributed by atoms with van der Waals surface area (Å²) in [6.07, 6.45) is 2.55. The van der Waals surface area contributed by atoms with Crippen molar-refractivity contribution >= 4 is 29.8 Å². The Kier molecular flexibility index (Phi) is 5.76. The first-order valence-corrected chi connectivity index (χ1v) is 8.19. The van der Waals surface area contributed by atoms with Crippen molar-refractivity contribution in [3.8, 4) is 5.69 Å². The first-order valence-electron chi connectivity index (χ1n) is 7.65. The van der Waals surface area contributed by atoms with E-state index in [2.05, 4.69) is 40.8 Å². The van der Waals surface area contributed by atoms with Crippen molar-refractivity contribution in [3.63, 3.8) is 0 Å². The molecule has 1 atom stereocenters. The van der Waals surface area contributed by atoms with Crippen LogP contribution in [0.15, 0.2) is 30.3 Å². The third-order valence-corrected chi connectivity index (χ3v) is 4.52. The van der Waals surface area contributed by atoms with E-state index in [1.54, 1.807) is 0 Å². The summed E-state index contributed by atoms with van der Waals surface area (Å²) in [5.74, 6) is 2.42. The highest BCUT2D eigenvalue weighted by atomic mass is 35.5. The molecule has 0 N–H and O–H groups in total. The molecular weight excluding hydrogens is 317 g/mol. The second-order valence-electron chi connectivity index (χ2n) is 5.96. The molecule has 3 rings (SSSR count). The zero-order chi connectivity index (χ0) is 14.8. The summed E-state index contributed by atoms with van der Waals surface area (Å²) in [4.78, 5) is 2.46. The van der Waals surface area contributed by atoms with E-state index >= 15 is 0 Å². The lowest BCUT2D eigenvalue weighted by Gasteiger charge is -2.33. The van der Waals surface area contributed by atoms with Gasteiger partial charge in [0, 0.05) is 18.7 Å². The van der Waals surface area contributed by atoms with Crippen molar-refractivity contribution in [3.05, 3.63) is 41.6 Å². The van der Waals surface area contributed by atoms with Gasteiger partial charge in [0.2, 0.25) is 0 Å². The number of para-hydroxylation sites is 1. The lowest BCUT2D eigenvalue weighted by atomic mass is 10.00. The van der Waals surface area contributed by atoms with Crippen LogP contribution in [0.4, 0.5) is 5.82 Å². The van der Waals surface area contributed by atoms with E-state index in [0.717, 1.165) is 36.0 Å². The minimum Gasteiger partial charge on any atom is -0.356 e. The summed E-state index contributed by atoms with van der Waals surface area (Å²) < 4.78 is 2.06. The Morgan fingerprint density at radius 3 is 2.64 bits per heavy atom. The second-order valence-corrected chi connectivity index (χ2v) is 6.23. The van der Waals surface area contributed by atoms with Crippen LogP contribution in [0.2, 0.25) is 0 Å². The molecule has 120 valence electrons. The summed E-state index contributed by atoms with van der Waals surface area (Å²) in [5, 5.41) is 4.74. The van der Waals surface area contributed by atoms with Crippen molar-refractivity contribution in [1.82, 2.24) is 9.78 Å². The van der Waals surface area contributed by atoms with Crippen LogP contribution < -0.4 is 4.90 Å². The number of aromatic nitrogens is 2. The lowest BCUT2D eigenvalue weighted by Crippen LogP contribution is -2.36. The van der Waals surface area contributed by atoms with Gasteiger partial charge in [-0.25, -0.2) is 4.68 Å². The first-order chi connectivity index (χ1) is 10.2. The Bertz CT molecular complexity index is 610.